The molecule has 0 fully saturated rings. The summed E-state index contributed by atoms with van der Waals surface area (Å²) < 4.78 is 19.6. The Kier molecular flexibility index (Phi) is 5.45. The standard InChI is InChI=1S/C16H16Cl2FNO/c1-10(2)20-9-11-5-3-7-13(18)16(11)21-14-8-4-6-12(17)15(14)19/h3-8,10,20H,9H2,1-2H3. The van der Waals surface area contributed by atoms with Crippen molar-refractivity contribution in [2.75, 3.05) is 0 Å². The molecule has 0 unspecified atom stereocenters. The Morgan fingerprint density at radius 2 is 1.76 bits per heavy atom. The molecule has 0 amide bonds. The van der Waals surface area contributed by atoms with Crippen molar-refractivity contribution in [1.29, 1.82) is 0 Å². The molecule has 0 aromatic heterocycles. The maximum atomic E-state index is 13.9. The first-order chi connectivity index (χ1) is 9.99. The van der Waals surface area contributed by atoms with Crippen LogP contribution in [0.5, 0.6) is 11.5 Å². The molecule has 112 valence electrons. The predicted molar refractivity (Wildman–Crippen MR) is 84.9 cm³/mol. The molecule has 0 saturated heterocycles. The second-order valence-electron chi connectivity index (χ2n) is 4.92. The SMILES string of the molecule is CC(C)NCc1cccc(Cl)c1Oc1cccc(Cl)c1F. The first-order valence-corrected chi connectivity index (χ1v) is 7.37. The van der Waals surface area contributed by atoms with Crippen LogP contribution in [0.1, 0.15) is 19.4 Å². The van der Waals surface area contributed by atoms with E-state index in [0.717, 1.165) is 5.56 Å². The van der Waals surface area contributed by atoms with Crippen molar-refractivity contribution in [3.8, 4) is 11.5 Å². The monoisotopic (exact) mass is 327 g/mol. The third-order valence-corrected chi connectivity index (χ3v) is 3.47. The molecule has 0 heterocycles. The average molecular weight is 328 g/mol. The molecule has 0 bridgehead atoms. The predicted octanol–water partition coefficient (Wildman–Crippen LogP) is 5.42. The average Bonchev–Trinajstić information content (AvgIpc) is 2.44. The van der Waals surface area contributed by atoms with E-state index in [-0.39, 0.29) is 10.8 Å². The van der Waals surface area contributed by atoms with Gasteiger partial charge in [-0.05, 0) is 18.2 Å². The quantitative estimate of drug-likeness (QED) is 0.791. The van der Waals surface area contributed by atoms with E-state index in [2.05, 4.69) is 5.32 Å². The fourth-order valence-corrected chi connectivity index (χ4v) is 2.19. The van der Waals surface area contributed by atoms with Crippen molar-refractivity contribution in [1.82, 2.24) is 5.32 Å². The molecule has 0 spiro atoms. The van der Waals surface area contributed by atoms with E-state index in [0.29, 0.717) is 23.4 Å². The molecule has 2 rings (SSSR count). The van der Waals surface area contributed by atoms with Crippen molar-refractivity contribution >= 4 is 23.2 Å². The Balaban J connectivity index is 2.32. The lowest BCUT2D eigenvalue weighted by Gasteiger charge is -2.15. The summed E-state index contributed by atoms with van der Waals surface area (Å²) in [4.78, 5) is 0. The van der Waals surface area contributed by atoms with Crippen LogP contribution in [-0.4, -0.2) is 6.04 Å². The summed E-state index contributed by atoms with van der Waals surface area (Å²) in [5.74, 6) is -0.100. The van der Waals surface area contributed by atoms with Gasteiger partial charge in [-0.1, -0.05) is 55.2 Å². The lowest BCUT2D eigenvalue weighted by Crippen LogP contribution is -2.22. The van der Waals surface area contributed by atoms with E-state index in [1.165, 1.54) is 12.1 Å². The molecular weight excluding hydrogens is 312 g/mol. The minimum absolute atomic E-state index is 0.0152. The van der Waals surface area contributed by atoms with Crippen LogP contribution in [0, 0.1) is 5.82 Å². The van der Waals surface area contributed by atoms with Crippen LogP contribution in [0.2, 0.25) is 10.0 Å². The normalized spacial score (nSPS) is 11.0. The molecule has 0 radical (unpaired) electrons. The van der Waals surface area contributed by atoms with Crippen molar-refractivity contribution in [3.63, 3.8) is 0 Å². The molecule has 2 nitrogen and oxygen atoms in total. The van der Waals surface area contributed by atoms with Crippen LogP contribution in [-0.2, 0) is 6.54 Å². The van der Waals surface area contributed by atoms with Gasteiger partial charge < -0.3 is 10.1 Å². The highest BCUT2D eigenvalue weighted by Gasteiger charge is 2.14. The maximum Gasteiger partial charge on any atom is 0.184 e. The fraction of sp³-hybridized carbons (Fsp3) is 0.250. The number of benzene rings is 2. The Morgan fingerprint density at radius 1 is 1.10 bits per heavy atom. The lowest BCUT2D eigenvalue weighted by molar-refractivity contribution is 0.434. The van der Waals surface area contributed by atoms with Crippen LogP contribution in [0.3, 0.4) is 0 Å². The molecule has 0 atom stereocenters. The molecule has 1 N–H and O–H groups in total. The van der Waals surface area contributed by atoms with Gasteiger partial charge in [0.25, 0.3) is 0 Å². The van der Waals surface area contributed by atoms with E-state index in [9.17, 15) is 4.39 Å². The Morgan fingerprint density at radius 3 is 2.48 bits per heavy atom. The summed E-state index contributed by atoms with van der Waals surface area (Å²) in [7, 11) is 0. The number of para-hydroxylation sites is 1. The van der Waals surface area contributed by atoms with Crippen molar-refractivity contribution in [2.45, 2.75) is 26.4 Å². The smallest absolute Gasteiger partial charge is 0.184 e. The highest BCUT2D eigenvalue weighted by molar-refractivity contribution is 6.32. The van der Waals surface area contributed by atoms with Gasteiger partial charge in [-0.15, -0.1) is 0 Å². The van der Waals surface area contributed by atoms with E-state index in [4.69, 9.17) is 27.9 Å². The molecule has 0 aliphatic heterocycles. The fourth-order valence-electron chi connectivity index (χ4n) is 1.79. The zero-order valence-electron chi connectivity index (χ0n) is 11.8. The van der Waals surface area contributed by atoms with Crippen LogP contribution >= 0.6 is 23.2 Å². The highest BCUT2D eigenvalue weighted by Crippen LogP contribution is 2.35. The van der Waals surface area contributed by atoms with E-state index in [1.807, 2.05) is 26.0 Å². The van der Waals surface area contributed by atoms with Gasteiger partial charge in [-0.25, -0.2) is 4.39 Å². The molecule has 21 heavy (non-hydrogen) atoms. The molecular formula is C16H16Cl2FNO. The molecule has 2 aromatic rings. The molecule has 0 aliphatic carbocycles. The molecule has 2 aromatic carbocycles. The van der Waals surface area contributed by atoms with Crippen LogP contribution in [0.15, 0.2) is 36.4 Å². The van der Waals surface area contributed by atoms with Crippen LogP contribution < -0.4 is 10.1 Å². The number of nitrogens with one attached hydrogen (secondary N) is 1. The van der Waals surface area contributed by atoms with Gasteiger partial charge >= 0.3 is 0 Å². The first kappa shape index (κ1) is 16.1. The van der Waals surface area contributed by atoms with Gasteiger partial charge in [0.2, 0.25) is 0 Å². The van der Waals surface area contributed by atoms with Crippen molar-refractivity contribution in [3.05, 3.63) is 57.8 Å². The van der Waals surface area contributed by atoms with Gasteiger partial charge in [0.1, 0.15) is 0 Å². The molecule has 0 saturated carbocycles. The number of hydrogen-bond donors (Lipinski definition) is 1. The lowest BCUT2D eigenvalue weighted by atomic mass is 10.2. The number of ether oxygens (including phenoxy) is 1. The minimum atomic E-state index is -0.596. The second-order valence-corrected chi connectivity index (χ2v) is 5.73. The summed E-state index contributed by atoms with van der Waals surface area (Å²) in [6.07, 6.45) is 0. The Bertz CT molecular complexity index is 632. The van der Waals surface area contributed by atoms with Gasteiger partial charge in [0.05, 0.1) is 10.0 Å². The van der Waals surface area contributed by atoms with E-state index >= 15 is 0 Å². The zero-order valence-corrected chi connectivity index (χ0v) is 13.3. The maximum absolute atomic E-state index is 13.9. The van der Waals surface area contributed by atoms with Gasteiger partial charge in [0, 0.05) is 18.2 Å². The number of halogens is 3. The Hall–Kier alpha value is -1.29. The Labute approximate surface area is 133 Å². The summed E-state index contributed by atoms with van der Waals surface area (Å²) in [6, 6.07) is 10.4. The van der Waals surface area contributed by atoms with E-state index in [1.54, 1.807) is 12.1 Å². The highest BCUT2D eigenvalue weighted by atomic mass is 35.5. The van der Waals surface area contributed by atoms with Crippen LogP contribution in [0.4, 0.5) is 4.39 Å². The van der Waals surface area contributed by atoms with Crippen LogP contribution in [0.25, 0.3) is 0 Å². The largest absolute Gasteiger partial charge is 0.452 e. The molecule has 0 aliphatic rings. The third kappa shape index (κ3) is 4.10. The summed E-state index contributed by atoms with van der Waals surface area (Å²) in [5.41, 5.74) is 0.857. The molecule has 5 heteroatoms. The summed E-state index contributed by atoms with van der Waals surface area (Å²) in [6.45, 7) is 4.67. The van der Waals surface area contributed by atoms with Crippen molar-refractivity contribution in [2.24, 2.45) is 0 Å². The minimum Gasteiger partial charge on any atom is -0.452 e. The van der Waals surface area contributed by atoms with Gasteiger partial charge in [-0.3, -0.25) is 0 Å². The summed E-state index contributed by atoms with van der Waals surface area (Å²) in [5, 5.41) is 3.73. The van der Waals surface area contributed by atoms with E-state index < -0.39 is 5.82 Å². The zero-order chi connectivity index (χ0) is 15.4. The number of hydrogen-bond acceptors (Lipinski definition) is 2. The summed E-state index contributed by atoms with van der Waals surface area (Å²) >= 11 is 11.9. The topological polar surface area (TPSA) is 21.3 Å². The number of rotatable bonds is 5. The first-order valence-electron chi connectivity index (χ1n) is 6.61. The second kappa shape index (κ2) is 7.12. The van der Waals surface area contributed by atoms with Gasteiger partial charge in [-0.2, -0.15) is 0 Å². The van der Waals surface area contributed by atoms with Crippen molar-refractivity contribution < 1.29 is 9.13 Å². The van der Waals surface area contributed by atoms with Gasteiger partial charge in [0.15, 0.2) is 17.3 Å². The third-order valence-electron chi connectivity index (χ3n) is 2.88.